The minimum absolute atomic E-state index is 0.171. The molecular weight excluding hydrogens is 222 g/mol. The highest BCUT2D eigenvalue weighted by Crippen LogP contribution is 2.20. The smallest absolute Gasteiger partial charge is 0.123 e. The number of ether oxygens (including phenoxy) is 1. The normalized spacial score (nSPS) is 13.9. The van der Waals surface area contributed by atoms with Crippen molar-refractivity contribution in [1.29, 1.82) is 0 Å². The minimum atomic E-state index is 0.171. The Kier molecular flexibility index (Phi) is 6.51. The zero-order chi connectivity index (χ0) is 13.4. The molecule has 1 aromatic rings. The Hall–Kier alpha value is -1.28. The first-order valence-corrected chi connectivity index (χ1v) is 6.76. The zero-order valence-electron chi connectivity index (χ0n) is 11.8. The van der Waals surface area contributed by atoms with Gasteiger partial charge in [-0.25, -0.2) is 0 Å². The maximum atomic E-state index is 5.98. The lowest BCUT2D eigenvalue weighted by Gasteiger charge is -2.19. The van der Waals surface area contributed by atoms with Crippen LogP contribution in [-0.4, -0.2) is 18.7 Å². The van der Waals surface area contributed by atoms with Crippen LogP contribution < -0.4 is 10.1 Å². The monoisotopic (exact) mass is 247 g/mol. The summed E-state index contributed by atoms with van der Waals surface area (Å²) in [6, 6.07) is 8.70. The van der Waals surface area contributed by atoms with Gasteiger partial charge in [0.05, 0.1) is 0 Å². The number of rotatable bonds is 8. The standard InChI is InChI=1S/C16H25NO/c1-5-9-15-10-7-8-11-16(15)18-14(4)12-17-13(3)6-2/h5,7-8,10-11,13-14,17H,1,6,9,12H2,2-4H3. The second kappa shape index (κ2) is 7.93. The summed E-state index contributed by atoms with van der Waals surface area (Å²) >= 11 is 0. The SMILES string of the molecule is C=CCc1ccccc1OC(C)CNC(C)CC. The predicted octanol–water partition coefficient (Wildman–Crippen LogP) is 3.57. The van der Waals surface area contributed by atoms with E-state index >= 15 is 0 Å². The number of hydrogen-bond acceptors (Lipinski definition) is 2. The van der Waals surface area contributed by atoms with Gasteiger partial charge in [-0.3, -0.25) is 0 Å². The van der Waals surface area contributed by atoms with Crippen LogP contribution in [-0.2, 0) is 6.42 Å². The molecule has 0 heterocycles. The van der Waals surface area contributed by atoms with Gasteiger partial charge in [0, 0.05) is 12.6 Å². The summed E-state index contributed by atoms with van der Waals surface area (Å²) in [6.07, 6.45) is 4.07. The lowest BCUT2D eigenvalue weighted by Crippen LogP contribution is -2.34. The zero-order valence-corrected chi connectivity index (χ0v) is 11.8. The number of nitrogens with one attached hydrogen (secondary N) is 1. The van der Waals surface area contributed by atoms with Crippen molar-refractivity contribution in [3.05, 3.63) is 42.5 Å². The largest absolute Gasteiger partial charge is 0.489 e. The van der Waals surface area contributed by atoms with Crippen LogP contribution in [0.4, 0.5) is 0 Å². The average molecular weight is 247 g/mol. The van der Waals surface area contributed by atoms with E-state index in [9.17, 15) is 0 Å². The molecule has 1 N–H and O–H groups in total. The summed E-state index contributed by atoms with van der Waals surface area (Å²) in [5, 5.41) is 3.46. The second-order valence-electron chi connectivity index (χ2n) is 4.75. The van der Waals surface area contributed by atoms with Crippen molar-refractivity contribution in [2.75, 3.05) is 6.54 Å². The third kappa shape index (κ3) is 4.92. The molecule has 0 spiro atoms. The van der Waals surface area contributed by atoms with Crippen molar-refractivity contribution < 1.29 is 4.74 Å². The van der Waals surface area contributed by atoms with E-state index in [4.69, 9.17) is 4.74 Å². The molecule has 1 aromatic carbocycles. The maximum Gasteiger partial charge on any atom is 0.123 e. The molecule has 0 radical (unpaired) electrons. The van der Waals surface area contributed by atoms with Crippen molar-refractivity contribution in [2.24, 2.45) is 0 Å². The highest BCUT2D eigenvalue weighted by molar-refractivity contribution is 5.34. The molecule has 0 aliphatic rings. The molecule has 2 unspecified atom stereocenters. The molecule has 2 heteroatoms. The van der Waals surface area contributed by atoms with Gasteiger partial charge in [0.15, 0.2) is 0 Å². The highest BCUT2D eigenvalue weighted by Gasteiger charge is 2.08. The van der Waals surface area contributed by atoms with Gasteiger partial charge in [-0.15, -0.1) is 6.58 Å². The summed E-state index contributed by atoms with van der Waals surface area (Å²) in [5.41, 5.74) is 1.20. The Morgan fingerprint density at radius 2 is 2.06 bits per heavy atom. The van der Waals surface area contributed by atoms with Gasteiger partial charge >= 0.3 is 0 Å². The van der Waals surface area contributed by atoms with Crippen LogP contribution in [0.1, 0.15) is 32.8 Å². The fourth-order valence-corrected chi connectivity index (χ4v) is 1.71. The van der Waals surface area contributed by atoms with Crippen LogP contribution in [0.25, 0.3) is 0 Å². The van der Waals surface area contributed by atoms with E-state index in [0.29, 0.717) is 6.04 Å². The van der Waals surface area contributed by atoms with Gasteiger partial charge in [0.1, 0.15) is 11.9 Å². The third-order valence-corrected chi connectivity index (χ3v) is 3.03. The van der Waals surface area contributed by atoms with E-state index in [0.717, 1.165) is 25.1 Å². The molecule has 2 atom stereocenters. The van der Waals surface area contributed by atoms with E-state index in [1.807, 2.05) is 24.3 Å². The van der Waals surface area contributed by atoms with Gasteiger partial charge in [-0.1, -0.05) is 31.2 Å². The predicted molar refractivity (Wildman–Crippen MR) is 78.2 cm³/mol. The summed E-state index contributed by atoms with van der Waals surface area (Å²) in [6.45, 7) is 11.1. The quantitative estimate of drug-likeness (QED) is 0.709. The van der Waals surface area contributed by atoms with Crippen LogP contribution in [0.5, 0.6) is 5.75 Å². The highest BCUT2D eigenvalue weighted by atomic mass is 16.5. The van der Waals surface area contributed by atoms with Crippen molar-refractivity contribution in [1.82, 2.24) is 5.32 Å². The maximum absolute atomic E-state index is 5.98. The molecule has 2 nitrogen and oxygen atoms in total. The Labute approximate surface area is 111 Å². The summed E-state index contributed by atoms with van der Waals surface area (Å²) in [5.74, 6) is 0.968. The Balaban J connectivity index is 2.52. The van der Waals surface area contributed by atoms with Gasteiger partial charge in [-0.2, -0.15) is 0 Å². The summed E-state index contributed by atoms with van der Waals surface area (Å²) < 4.78 is 5.98. The molecule has 0 aromatic heterocycles. The second-order valence-corrected chi connectivity index (χ2v) is 4.75. The fourth-order valence-electron chi connectivity index (χ4n) is 1.71. The van der Waals surface area contributed by atoms with E-state index in [1.165, 1.54) is 5.56 Å². The molecule has 0 bridgehead atoms. The Morgan fingerprint density at radius 1 is 1.33 bits per heavy atom. The molecular formula is C16H25NO. The van der Waals surface area contributed by atoms with Crippen molar-refractivity contribution >= 4 is 0 Å². The van der Waals surface area contributed by atoms with E-state index in [1.54, 1.807) is 0 Å². The molecule has 0 aliphatic heterocycles. The van der Waals surface area contributed by atoms with Crippen LogP contribution in [0.15, 0.2) is 36.9 Å². The number of benzene rings is 1. The number of allylic oxidation sites excluding steroid dienone is 1. The topological polar surface area (TPSA) is 21.3 Å². The molecule has 0 fully saturated rings. The van der Waals surface area contributed by atoms with Crippen LogP contribution in [0, 0.1) is 0 Å². The van der Waals surface area contributed by atoms with E-state index < -0.39 is 0 Å². The first kappa shape index (κ1) is 14.8. The molecule has 0 amide bonds. The number of hydrogen-bond donors (Lipinski definition) is 1. The van der Waals surface area contributed by atoms with Crippen molar-refractivity contribution in [3.63, 3.8) is 0 Å². The minimum Gasteiger partial charge on any atom is -0.489 e. The summed E-state index contributed by atoms with van der Waals surface area (Å²) in [7, 11) is 0. The lowest BCUT2D eigenvalue weighted by molar-refractivity contribution is 0.210. The van der Waals surface area contributed by atoms with Gasteiger partial charge < -0.3 is 10.1 Å². The fraction of sp³-hybridized carbons (Fsp3) is 0.500. The lowest BCUT2D eigenvalue weighted by atomic mass is 10.1. The van der Waals surface area contributed by atoms with Gasteiger partial charge in [0.2, 0.25) is 0 Å². The first-order chi connectivity index (χ1) is 8.67. The van der Waals surface area contributed by atoms with Gasteiger partial charge in [0.25, 0.3) is 0 Å². The molecule has 1 rings (SSSR count). The number of para-hydroxylation sites is 1. The van der Waals surface area contributed by atoms with Crippen LogP contribution in [0.3, 0.4) is 0 Å². The molecule has 100 valence electrons. The van der Waals surface area contributed by atoms with E-state index in [-0.39, 0.29) is 6.10 Å². The van der Waals surface area contributed by atoms with Crippen LogP contribution in [0.2, 0.25) is 0 Å². The molecule has 0 saturated carbocycles. The summed E-state index contributed by atoms with van der Waals surface area (Å²) in [4.78, 5) is 0. The average Bonchev–Trinajstić information content (AvgIpc) is 2.38. The van der Waals surface area contributed by atoms with E-state index in [2.05, 4.69) is 38.7 Å². The molecule has 0 aliphatic carbocycles. The molecule has 18 heavy (non-hydrogen) atoms. The Bertz CT molecular complexity index is 362. The first-order valence-electron chi connectivity index (χ1n) is 6.76. The third-order valence-electron chi connectivity index (χ3n) is 3.03. The Morgan fingerprint density at radius 3 is 2.72 bits per heavy atom. The van der Waals surface area contributed by atoms with Crippen molar-refractivity contribution in [3.8, 4) is 5.75 Å². The van der Waals surface area contributed by atoms with Crippen molar-refractivity contribution in [2.45, 2.75) is 45.8 Å². The molecule has 0 saturated heterocycles. The van der Waals surface area contributed by atoms with Gasteiger partial charge in [-0.05, 0) is 38.3 Å². The van der Waals surface area contributed by atoms with Crippen LogP contribution >= 0.6 is 0 Å².